The molecule has 2 atom stereocenters. The standard InChI is InChI=1S/C24H25F3N6O2S/c1-14(16-5-9-18(10-6-16)36(28,34)35)29-22-31-19-11-8-17(7-4-15-2-3-15)30-20(19)21(32-22)33-23(12-13-23)24(25,26)27/h5-6,8-11,14-15,21,33H,2-3,12-13H2,1H3,(H2,28,34,35)(H2,29,31,32). The normalized spacial score (nSPS) is 21.2. The topological polar surface area (TPSA) is 122 Å². The van der Waals surface area contributed by atoms with Crippen molar-refractivity contribution in [1.82, 2.24) is 15.6 Å². The van der Waals surface area contributed by atoms with Crippen molar-refractivity contribution in [3.8, 4) is 11.8 Å². The molecule has 2 aromatic rings. The summed E-state index contributed by atoms with van der Waals surface area (Å²) in [5.74, 6) is 6.76. The van der Waals surface area contributed by atoms with Gasteiger partial charge in [0.05, 0.1) is 16.6 Å². The number of rotatable bonds is 5. The summed E-state index contributed by atoms with van der Waals surface area (Å²) < 4.78 is 64.2. The number of pyridine rings is 1. The van der Waals surface area contributed by atoms with Gasteiger partial charge < -0.3 is 10.6 Å². The molecular weight excluding hydrogens is 493 g/mol. The third-order valence-corrected chi connectivity index (χ3v) is 7.37. The fourth-order valence-corrected chi connectivity index (χ4v) is 4.43. The fourth-order valence-electron chi connectivity index (χ4n) is 3.92. The van der Waals surface area contributed by atoms with Crippen LogP contribution in [0.1, 0.15) is 61.8 Å². The van der Waals surface area contributed by atoms with Gasteiger partial charge in [0.25, 0.3) is 0 Å². The number of aromatic nitrogens is 1. The number of alkyl halides is 3. The molecule has 5 rings (SSSR count). The maximum atomic E-state index is 13.7. The van der Waals surface area contributed by atoms with Crippen LogP contribution in [0.15, 0.2) is 46.3 Å². The van der Waals surface area contributed by atoms with E-state index in [-0.39, 0.29) is 29.7 Å². The summed E-state index contributed by atoms with van der Waals surface area (Å²) in [4.78, 5) is 9.00. The highest BCUT2D eigenvalue weighted by atomic mass is 32.2. The maximum absolute atomic E-state index is 13.7. The van der Waals surface area contributed by atoms with Gasteiger partial charge in [0.1, 0.15) is 23.1 Å². The lowest BCUT2D eigenvalue weighted by molar-refractivity contribution is -0.168. The van der Waals surface area contributed by atoms with E-state index in [1.54, 1.807) is 24.3 Å². The Morgan fingerprint density at radius 1 is 1.17 bits per heavy atom. The maximum Gasteiger partial charge on any atom is 0.406 e. The molecular formula is C24H25F3N6O2S. The molecule has 12 heteroatoms. The molecule has 0 bridgehead atoms. The van der Waals surface area contributed by atoms with Crippen molar-refractivity contribution in [1.29, 1.82) is 0 Å². The van der Waals surface area contributed by atoms with Crippen molar-refractivity contribution in [3.63, 3.8) is 0 Å². The van der Waals surface area contributed by atoms with Crippen LogP contribution in [0.5, 0.6) is 0 Å². The highest BCUT2D eigenvalue weighted by molar-refractivity contribution is 7.89. The molecule has 1 aromatic carbocycles. The first kappa shape index (κ1) is 24.5. The smallest absolute Gasteiger partial charge is 0.350 e. The highest BCUT2D eigenvalue weighted by Crippen LogP contribution is 2.50. The largest absolute Gasteiger partial charge is 0.406 e. The Bertz CT molecular complexity index is 1370. The van der Waals surface area contributed by atoms with Crippen molar-refractivity contribution < 1.29 is 21.6 Å². The van der Waals surface area contributed by atoms with Crippen LogP contribution in [0.3, 0.4) is 0 Å². The van der Waals surface area contributed by atoms with Crippen molar-refractivity contribution in [2.24, 2.45) is 16.0 Å². The monoisotopic (exact) mass is 518 g/mol. The Hall–Kier alpha value is -3.14. The number of nitrogens with two attached hydrogens (primary N) is 1. The van der Waals surface area contributed by atoms with E-state index < -0.39 is 27.9 Å². The minimum absolute atomic E-state index is 0.0154. The summed E-state index contributed by atoms with van der Waals surface area (Å²) in [5, 5.41) is 14.1. The van der Waals surface area contributed by atoms with Gasteiger partial charge in [-0.05, 0) is 68.4 Å². The molecule has 190 valence electrons. The Morgan fingerprint density at radius 2 is 1.86 bits per heavy atom. The summed E-state index contributed by atoms with van der Waals surface area (Å²) >= 11 is 0. The van der Waals surface area contributed by atoms with Crippen LogP contribution in [-0.2, 0) is 10.0 Å². The molecule has 0 spiro atoms. The Balaban J connectivity index is 1.41. The van der Waals surface area contributed by atoms with E-state index in [1.165, 1.54) is 12.1 Å². The number of fused-ring (bicyclic) bond motifs is 1. The van der Waals surface area contributed by atoms with Gasteiger partial charge >= 0.3 is 6.18 Å². The van der Waals surface area contributed by atoms with Gasteiger partial charge in [0.15, 0.2) is 5.96 Å². The van der Waals surface area contributed by atoms with Gasteiger partial charge in [-0.25, -0.2) is 23.5 Å². The fraction of sp³-hybridized carbons (Fsp3) is 0.417. The Labute approximate surface area is 207 Å². The molecule has 0 amide bonds. The number of anilines is 1. The second-order valence-electron chi connectivity index (χ2n) is 9.38. The number of nitrogens with zero attached hydrogens (tertiary/aromatic N) is 2. The number of nitrogens with one attached hydrogen (secondary N) is 3. The van der Waals surface area contributed by atoms with Crippen LogP contribution in [0.4, 0.5) is 18.9 Å². The number of hydrogen-bond acceptors (Lipinski definition) is 7. The lowest BCUT2D eigenvalue weighted by Gasteiger charge is -2.31. The van der Waals surface area contributed by atoms with Gasteiger partial charge in [-0.2, -0.15) is 13.2 Å². The van der Waals surface area contributed by atoms with Crippen molar-refractivity contribution in [2.75, 3.05) is 5.32 Å². The SMILES string of the molecule is CC(NC1=NC(NC2(C(F)(F)F)CC2)c2nc(C#CC3CC3)ccc2N1)c1ccc(S(N)(=O)=O)cc1. The van der Waals surface area contributed by atoms with Crippen molar-refractivity contribution in [3.05, 3.63) is 53.3 Å². The molecule has 8 nitrogen and oxygen atoms in total. The zero-order valence-corrected chi connectivity index (χ0v) is 20.2. The first-order chi connectivity index (χ1) is 16.9. The number of benzene rings is 1. The summed E-state index contributed by atoms with van der Waals surface area (Å²) in [6.45, 7) is 1.82. The van der Waals surface area contributed by atoms with Gasteiger partial charge in [0.2, 0.25) is 10.0 Å². The predicted molar refractivity (Wildman–Crippen MR) is 128 cm³/mol. The van der Waals surface area contributed by atoms with E-state index in [1.807, 2.05) is 6.92 Å². The van der Waals surface area contributed by atoms with E-state index in [9.17, 15) is 21.6 Å². The zero-order chi connectivity index (χ0) is 25.7. The van der Waals surface area contributed by atoms with Crippen LogP contribution in [-0.4, -0.2) is 31.1 Å². The number of hydrogen-bond donors (Lipinski definition) is 4. The van der Waals surface area contributed by atoms with Crippen molar-refractivity contribution >= 4 is 21.7 Å². The van der Waals surface area contributed by atoms with Crippen LogP contribution < -0.4 is 21.1 Å². The van der Waals surface area contributed by atoms with Crippen molar-refractivity contribution in [2.45, 2.75) is 61.4 Å². The van der Waals surface area contributed by atoms with Crippen LogP contribution >= 0.6 is 0 Å². The van der Waals surface area contributed by atoms with Gasteiger partial charge in [-0.15, -0.1) is 0 Å². The lowest BCUT2D eigenvalue weighted by atomic mass is 10.1. The van der Waals surface area contributed by atoms with Crippen LogP contribution in [0, 0.1) is 17.8 Å². The zero-order valence-electron chi connectivity index (χ0n) is 19.4. The summed E-state index contributed by atoms with van der Waals surface area (Å²) in [5.41, 5.74) is 0.106. The molecule has 0 saturated heterocycles. The molecule has 2 heterocycles. The van der Waals surface area contributed by atoms with E-state index >= 15 is 0 Å². The minimum Gasteiger partial charge on any atom is -0.350 e. The third-order valence-electron chi connectivity index (χ3n) is 6.44. The number of aliphatic imine (C=N–C) groups is 1. The average Bonchev–Trinajstić information content (AvgIpc) is 3.73. The predicted octanol–water partition coefficient (Wildman–Crippen LogP) is 3.31. The molecule has 2 unspecified atom stereocenters. The number of halogens is 3. The second kappa shape index (κ2) is 8.76. The first-order valence-corrected chi connectivity index (χ1v) is 13.1. The molecule has 1 aliphatic heterocycles. The number of primary sulfonamides is 1. The molecule has 2 fully saturated rings. The molecule has 1 aromatic heterocycles. The van der Waals surface area contributed by atoms with Gasteiger partial charge in [-0.1, -0.05) is 18.1 Å². The molecule has 0 radical (unpaired) electrons. The van der Waals surface area contributed by atoms with E-state index in [4.69, 9.17) is 5.14 Å². The lowest BCUT2D eigenvalue weighted by Crippen LogP contribution is -2.48. The van der Waals surface area contributed by atoms with Crippen LogP contribution in [0.2, 0.25) is 0 Å². The molecule has 5 N–H and O–H groups in total. The number of guanidine groups is 1. The summed E-state index contributed by atoms with van der Waals surface area (Å²) in [6, 6.07) is 9.14. The van der Waals surface area contributed by atoms with E-state index in [2.05, 4.69) is 37.8 Å². The van der Waals surface area contributed by atoms with Gasteiger partial charge in [-0.3, -0.25) is 5.32 Å². The molecule has 3 aliphatic rings. The summed E-state index contributed by atoms with van der Waals surface area (Å²) in [6.07, 6.45) is -3.39. The molecule has 2 saturated carbocycles. The third kappa shape index (κ3) is 5.18. The van der Waals surface area contributed by atoms with E-state index in [0.717, 1.165) is 18.4 Å². The van der Waals surface area contributed by atoms with E-state index in [0.29, 0.717) is 23.0 Å². The molecule has 2 aliphatic carbocycles. The first-order valence-electron chi connectivity index (χ1n) is 11.5. The average molecular weight is 519 g/mol. The van der Waals surface area contributed by atoms with Gasteiger partial charge in [0, 0.05) is 5.92 Å². The Morgan fingerprint density at radius 3 is 2.44 bits per heavy atom. The van der Waals surface area contributed by atoms with Crippen LogP contribution in [0.25, 0.3) is 0 Å². The number of sulfonamides is 1. The molecule has 36 heavy (non-hydrogen) atoms. The summed E-state index contributed by atoms with van der Waals surface area (Å²) in [7, 11) is -3.82. The highest BCUT2D eigenvalue weighted by Gasteiger charge is 2.64. The quantitative estimate of drug-likeness (QED) is 0.451. The second-order valence-corrected chi connectivity index (χ2v) is 10.9. The Kier molecular flexibility index (Phi) is 5.97. The minimum atomic E-state index is -4.41.